The summed E-state index contributed by atoms with van der Waals surface area (Å²) in [7, 11) is 0. The van der Waals surface area contributed by atoms with Crippen LogP contribution in [0.5, 0.6) is 5.75 Å². The summed E-state index contributed by atoms with van der Waals surface area (Å²) in [4.78, 5) is 28.1. The van der Waals surface area contributed by atoms with Crippen LogP contribution < -0.4 is 10.1 Å². The van der Waals surface area contributed by atoms with Gasteiger partial charge in [-0.1, -0.05) is 22.9 Å². The lowest BCUT2D eigenvalue weighted by Gasteiger charge is -2.05. The summed E-state index contributed by atoms with van der Waals surface area (Å²) in [6.45, 7) is 3.52. The highest BCUT2D eigenvalue weighted by molar-refractivity contribution is 7.17. The lowest BCUT2D eigenvalue weighted by atomic mass is 10.3. The zero-order valence-corrected chi connectivity index (χ0v) is 14.2. The summed E-state index contributed by atoms with van der Waals surface area (Å²) in [6.07, 6.45) is 0. The molecule has 122 valence electrons. The van der Waals surface area contributed by atoms with Crippen molar-refractivity contribution in [2.24, 2.45) is 0 Å². The van der Waals surface area contributed by atoms with E-state index in [4.69, 9.17) is 21.1 Å². The average molecular weight is 355 g/mol. The Morgan fingerprint density at radius 1 is 1.30 bits per heavy atom. The molecule has 23 heavy (non-hydrogen) atoms. The van der Waals surface area contributed by atoms with Gasteiger partial charge in [-0.05, 0) is 38.1 Å². The molecule has 0 spiro atoms. The van der Waals surface area contributed by atoms with Gasteiger partial charge in [0.05, 0.1) is 12.3 Å². The molecule has 0 saturated heterocycles. The van der Waals surface area contributed by atoms with Gasteiger partial charge in [0.2, 0.25) is 0 Å². The third-order valence-electron chi connectivity index (χ3n) is 2.69. The van der Waals surface area contributed by atoms with Crippen molar-refractivity contribution in [3.05, 3.63) is 39.9 Å². The van der Waals surface area contributed by atoms with E-state index in [1.165, 1.54) is 0 Å². The smallest absolute Gasteiger partial charge is 0.350 e. The number of thiazole rings is 1. The molecule has 1 N–H and O–H groups in total. The van der Waals surface area contributed by atoms with Crippen LogP contribution in [0.1, 0.15) is 22.3 Å². The van der Waals surface area contributed by atoms with Crippen molar-refractivity contribution in [3.63, 3.8) is 0 Å². The normalized spacial score (nSPS) is 10.2. The number of nitrogens with one attached hydrogen (secondary N) is 1. The number of amides is 1. The molecule has 1 heterocycles. The standard InChI is InChI=1S/C15H15ClN2O4S/c1-3-21-14(20)13-9(2)17-15(23-13)18-12(19)8-22-11-6-4-10(16)5-7-11/h4-7H,3,8H2,1-2H3,(H,17,18,19). The molecule has 8 heteroatoms. The molecule has 0 bridgehead atoms. The first-order chi connectivity index (χ1) is 11.0. The van der Waals surface area contributed by atoms with Crippen molar-refractivity contribution in [2.75, 3.05) is 18.5 Å². The van der Waals surface area contributed by atoms with E-state index in [0.29, 0.717) is 26.5 Å². The van der Waals surface area contributed by atoms with Crippen LogP contribution in [0.4, 0.5) is 5.13 Å². The Morgan fingerprint density at radius 3 is 2.65 bits per heavy atom. The fourth-order valence-electron chi connectivity index (χ4n) is 1.67. The Bertz CT molecular complexity index is 700. The number of benzene rings is 1. The third kappa shape index (κ3) is 4.94. The largest absolute Gasteiger partial charge is 0.484 e. The average Bonchev–Trinajstić information content (AvgIpc) is 2.87. The second-order valence-electron chi connectivity index (χ2n) is 4.44. The van der Waals surface area contributed by atoms with Gasteiger partial charge >= 0.3 is 5.97 Å². The molecule has 0 unspecified atom stereocenters. The van der Waals surface area contributed by atoms with E-state index in [-0.39, 0.29) is 19.1 Å². The van der Waals surface area contributed by atoms with Gasteiger partial charge in [-0.3, -0.25) is 10.1 Å². The number of carbonyl (C=O) groups is 2. The first kappa shape index (κ1) is 17.2. The van der Waals surface area contributed by atoms with E-state index < -0.39 is 5.97 Å². The molecule has 0 atom stereocenters. The van der Waals surface area contributed by atoms with Gasteiger partial charge in [0.15, 0.2) is 11.7 Å². The van der Waals surface area contributed by atoms with E-state index in [0.717, 1.165) is 11.3 Å². The van der Waals surface area contributed by atoms with E-state index in [1.54, 1.807) is 38.1 Å². The van der Waals surface area contributed by atoms with Gasteiger partial charge in [0, 0.05) is 5.02 Å². The van der Waals surface area contributed by atoms with Gasteiger partial charge in [0.1, 0.15) is 10.6 Å². The van der Waals surface area contributed by atoms with Gasteiger partial charge < -0.3 is 9.47 Å². The van der Waals surface area contributed by atoms with Crippen molar-refractivity contribution in [3.8, 4) is 5.75 Å². The summed E-state index contributed by atoms with van der Waals surface area (Å²) in [5.41, 5.74) is 0.516. The SMILES string of the molecule is CCOC(=O)c1sc(NC(=O)COc2ccc(Cl)cc2)nc1C. The first-order valence-corrected chi connectivity index (χ1v) is 8.01. The lowest BCUT2D eigenvalue weighted by molar-refractivity contribution is -0.118. The van der Waals surface area contributed by atoms with Crippen LogP contribution in [-0.2, 0) is 9.53 Å². The molecule has 0 fully saturated rings. The van der Waals surface area contributed by atoms with Gasteiger partial charge in [-0.2, -0.15) is 0 Å². The summed E-state index contributed by atoms with van der Waals surface area (Å²) in [5, 5.41) is 3.51. The van der Waals surface area contributed by atoms with Crippen molar-refractivity contribution in [2.45, 2.75) is 13.8 Å². The van der Waals surface area contributed by atoms with Crippen molar-refractivity contribution < 1.29 is 19.1 Å². The number of hydrogen-bond acceptors (Lipinski definition) is 6. The summed E-state index contributed by atoms with van der Waals surface area (Å²) < 4.78 is 10.3. The summed E-state index contributed by atoms with van der Waals surface area (Å²) >= 11 is 6.84. The highest BCUT2D eigenvalue weighted by atomic mass is 35.5. The van der Waals surface area contributed by atoms with Gasteiger partial charge in [0.25, 0.3) is 5.91 Å². The molecule has 2 rings (SSSR count). The maximum Gasteiger partial charge on any atom is 0.350 e. The van der Waals surface area contributed by atoms with Crippen LogP contribution in [0.2, 0.25) is 5.02 Å². The number of hydrogen-bond donors (Lipinski definition) is 1. The number of carbonyl (C=O) groups excluding carboxylic acids is 2. The van der Waals surface area contributed by atoms with Crippen LogP contribution in [0, 0.1) is 6.92 Å². The first-order valence-electron chi connectivity index (χ1n) is 6.82. The summed E-state index contributed by atoms with van der Waals surface area (Å²) in [6, 6.07) is 6.68. The van der Waals surface area contributed by atoms with Gasteiger partial charge in [-0.15, -0.1) is 0 Å². The highest BCUT2D eigenvalue weighted by Gasteiger charge is 2.17. The van der Waals surface area contributed by atoms with E-state index in [9.17, 15) is 9.59 Å². The molecule has 1 amide bonds. The van der Waals surface area contributed by atoms with Crippen molar-refractivity contribution in [1.29, 1.82) is 0 Å². The summed E-state index contributed by atoms with van der Waals surface area (Å²) in [5.74, 6) is -0.281. The molecular weight excluding hydrogens is 340 g/mol. The van der Waals surface area contributed by atoms with Crippen LogP contribution in [0.15, 0.2) is 24.3 Å². The second kappa shape index (κ2) is 7.94. The number of halogens is 1. The molecule has 2 aromatic rings. The molecule has 1 aromatic heterocycles. The number of ether oxygens (including phenoxy) is 2. The predicted octanol–water partition coefficient (Wildman–Crippen LogP) is 3.30. The van der Waals surface area contributed by atoms with Crippen LogP contribution in [-0.4, -0.2) is 30.1 Å². The molecular formula is C15H15ClN2O4S. The predicted molar refractivity (Wildman–Crippen MR) is 88.4 cm³/mol. The maximum absolute atomic E-state index is 11.9. The second-order valence-corrected chi connectivity index (χ2v) is 5.88. The van der Waals surface area contributed by atoms with E-state index >= 15 is 0 Å². The van der Waals surface area contributed by atoms with Crippen LogP contribution >= 0.6 is 22.9 Å². The van der Waals surface area contributed by atoms with E-state index in [2.05, 4.69) is 10.3 Å². The third-order valence-corrected chi connectivity index (χ3v) is 3.99. The minimum absolute atomic E-state index is 0.172. The minimum Gasteiger partial charge on any atom is -0.484 e. The molecule has 0 radical (unpaired) electrons. The lowest BCUT2D eigenvalue weighted by Crippen LogP contribution is -2.20. The van der Waals surface area contributed by atoms with Crippen LogP contribution in [0.25, 0.3) is 0 Å². The fourth-order valence-corrected chi connectivity index (χ4v) is 2.67. The fraction of sp³-hybridized carbons (Fsp3) is 0.267. The Hall–Kier alpha value is -2.12. The number of nitrogens with zero attached hydrogens (tertiary/aromatic N) is 1. The number of rotatable bonds is 6. The number of anilines is 1. The van der Waals surface area contributed by atoms with Crippen molar-refractivity contribution >= 4 is 39.9 Å². The Kier molecular flexibility index (Phi) is 5.95. The number of aryl methyl sites for hydroxylation is 1. The van der Waals surface area contributed by atoms with Crippen LogP contribution in [0.3, 0.4) is 0 Å². The monoisotopic (exact) mass is 354 g/mol. The molecule has 6 nitrogen and oxygen atoms in total. The minimum atomic E-state index is -0.444. The Morgan fingerprint density at radius 2 is 2.00 bits per heavy atom. The molecule has 0 aliphatic heterocycles. The Labute approximate surface area is 142 Å². The van der Waals surface area contributed by atoms with Crippen molar-refractivity contribution in [1.82, 2.24) is 4.98 Å². The Balaban J connectivity index is 1.91. The molecule has 0 aliphatic carbocycles. The number of esters is 1. The molecule has 0 aliphatic rings. The molecule has 0 saturated carbocycles. The zero-order valence-electron chi connectivity index (χ0n) is 12.6. The molecule has 1 aromatic carbocycles. The topological polar surface area (TPSA) is 77.5 Å². The maximum atomic E-state index is 11.9. The van der Waals surface area contributed by atoms with E-state index in [1.807, 2.05) is 0 Å². The van der Waals surface area contributed by atoms with Gasteiger partial charge in [-0.25, -0.2) is 9.78 Å². The number of aromatic nitrogens is 1. The highest BCUT2D eigenvalue weighted by Crippen LogP contribution is 2.23. The zero-order chi connectivity index (χ0) is 16.8. The quantitative estimate of drug-likeness (QED) is 0.805.